The maximum absolute atomic E-state index is 14.3. The number of rotatable bonds is 5. The molecule has 0 saturated heterocycles. The summed E-state index contributed by atoms with van der Waals surface area (Å²) in [6.45, 7) is 0. The molecular formula is C20H19O3P. The van der Waals surface area contributed by atoms with E-state index >= 15 is 0 Å². The lowest BCUT2D eigenvalue weighted by molar-refractivity contribution is 0.357. The molecule has 3 rings (SSSR count). The summed E-state index contributed by atoms with van der Waals surface area (Å²) in [7, 11) is 0.0764. The monoisotopic (exact) mass is 338 g/mol. The van der Waals surface area contributed by atoms with Gasteiger partial charge in [-0.2, -0.15) is 0 Å². The standard InChI is InChI=1S/C20H19O3P/c1-22-18-14-9-15-19(20(18)23-2)24(21,16-10-5-3-6-11-16)17-12-7-4-8-13-17/h3-15H,1-2H3. The van der Waals surface area contributed by atoms with Crippen molar-refractivity contribution in [2.75, 3.05) is 14.2 Å². The van der Waals surface area contributed by atoms with Gasteiger partial charge in [0.25, 0.3) is 0 Å². The molecule has 0 saturated carbocycles. The summed E-state index contributed by atoms with van der Waals surface area (Å²) in [4.78, 5) is 0. The van der Waals surface area contributed by atoms with Crippen molar-refractivity contribution in [3.05, 3.63) is 78.9 Å². The van der Waals surface area contributed by atoms with Crippen molar-refractivity contribution in [1.82, 2.24) is 0 Å². The molecule has 0 aliphatic carbocycles. The van der Waals surface area contributed by atoms with Crippen LogP contribution in [-0.2, 0) is 4.57 Å². The number of hydrogen-bond acceptors (Lipinski definition) is 3. The smallest absolute Gasteiger partial charge is 0.174 e. The molecule has 122 valence electrons. The van der Waals surface area contributed by atoms with Gasteiger partial charge in [-0.1, -0.05) is 66.7 Å². The highest BCUT2D eigenvalue weighted by Crippen LogP contribution is 2.46. The van der Waals surface area contributed by atoms with E-state index in [1.807, 2.05) is 78.9 Å². The highest BCUT2D eigenvalue weighted by molar-refractivity contribution is 7.85. The Hall–Kier alpha value is -2.51. The van der Waals surface area contributed by atoms with Gasteiger partial charge in [-0.25, -0.2) is 0 Å². The summed E-state index contributed by atoms with van der Waals surface area (Å²) >= 11 is 0. The first-order valence-corrected chi connectivity index (χ1v) is 9.35. The third-order valence-electron chi connectivity index (χ3n) is 3.96. The zero-order chi connectivity index (χ0) is 17.0. The van der Waals surface area contributed by atoms with Crippen LogP contribution in [0.5, 0.6) is 11.5 Å². The predicted octanol–water partition coefficient (Wildman–Crippen LogP) is 3.34. The first kappa shape index (κ1) is 16.4. The average Bonchev–Trinajstić information content (AvgIpc) is 2.68. The van der Waals surface area contributed by atoms with Crippen LogP contribution in [0.15, 0.2) is 78.9 Å². The zero-order valence-corrected chi connectivity index (χ0v) is 14.6. The van der Waals surface area contributed by atoms with Crippen LogP contribution in [0.4, 0.5) is 0 Å². The zero-order valence-electron chi connectivity index (χ0n) is 13.7. The number of para-hydroxylation sites is 1. The van der Waals surface area contributed by atoms with Crippen LogP contribution in [0.25, 0.3) is 0 Å². The summed E-state index contributed by atoms with van der Waals surface area (Å²) < 4.78 is 25.3. The van der Waals surface area contributed by atoms with Crippen molar-refractivity contribution in [2.45, 2.75) is 0 Å². The molecule has 0 spiro atoms. The molecule has 4 heteroatoms. The number of methoxy groups -OCH3 is 2. The van der Waals surface area contributed by atoms with Crippen LogP contribution in [0.2, 0.25) is 0 Å². The average molecular weight is 338 g/mol. The Bertz CT molecular complexity index is 817. The Balaban J connectivity index is 2.35. The largest absolute Gasteiger partial charge is 0.493 e. The summed E-state index contributed by atoms with van der Waals surface area (Å²) in [6.07, 6.45) is 0. The maximum Gasteiger partial charge on any atom is 0.174 e. The molecule has 0 aliphatic heterocycles. The van der Waals surface area contributed by atoms with Crippen LogP contribution in [0, 0.1) is 0 Å². The fourth-order valence-corrected chi connectivity index (χ4v) is 5.64. The minimum atomic E-state index is -3.08. The fourth-order valence-electron chi connectivity index (χ4n) is 2.82. The molecule has 0 radical (unpaired) electrons. The van der Waals surface area contributed by atoms with Gasteiger partial charge in [0.15, 0.2) is 18.6 Å². The van der Waals surface area contributed by atoms with Crippen molar-refractivity contribution >= 4 is 23.1 Å². The molecule has 3 nitrogen and oxygen atoms in total. The van der Waals surface area contributed by atoms with E-state index in [4.69, 9.17) is 9.47 Å². The van der Waals surface area contributed by atoms with Gasteiger partial charge in [0.2, 0.25) is 0 Å². The van der Waals surface area contributed by atoms with E-state index in [-0.39, 0.29) is 0 Å². The Kier molecular flexibility index (Phi) is 4.73. The van der Waals surface area contributed by atoms with E-state index in [1.165, 1.54) is 0 Å². The van der Waals surface area contributed by atoms with Crippen molar-refractivity contribution in [3.8, 4) is 11.5 Å². The maximum atomic E-state index is 14.3. The van der Waals surface area contributed by atoms with Gasteiger partial charge in [-0.3, -0.25) is 0 Å². The molecule has 0 aromatic heterocycles. The third kappa shape index (κ3) is 2.72. The topological polar surface area (TPSA) is 35.5 Å². The Morgan fingerprint density at radius 1 is 0.667 bits per heavy atom. The van der Waals surface area contributed by atoms with Gasteiger partial charge in [-0.05, 0) is 12.1 Å². The van der Waals surface area contributed by atoms with Crippen molar-refractivity contribution < 1.29 is 14.0 Å². The van der Waals surface area contributed by atoms with Crippen LogP contribution >= 0.6 is 7.14 Å². The molecule has 3 aromatic rings. The van der Waals surface area contributed by atoms with Crippen LogP contribution in [-0.4, -0.2) is 14.2 Å². The second-order valence-corrected chi connectivity index (χ2v) is 8.03. The van der Waals surface area contributed by atoms with Gasteiger partial charge >= 0.3 is 0 Å². The quantitative estimate of drug-likeness (QED) is 0.670. The number of hydrogen-bond donors (Lipinski definition) is 0. The molecule has 0 fully saturated rings. The molecule has 0 unspecified atom stereocenters. The van der Waals surface area contributed by atoms with Gasteiger partial charge in [0.1, 0.15) is 0 Å². The Morgan fingerprint density at radius 2 is 1.21 bits per heavy atom. The van der Waals surface area contributed by atoms with Crippen LogP contribution < -0.4 is 25.4 Å². The van der Waals surface area contributed by atoms with Gasteiger partial charge < -0.3 is 14.0 Å². The first-order chi connectivity index (χ1) is 11.7. The normalized spacial score (nSPS) is 11.1. The van der Waals surface area contributed by atoms with E-state index in [1.54, 1.807) is 14.2 Å². The second kappa shape index (κ2) is 6.94. The Morgan fingerprint density at radius 3 is 1.67 bits per heavy atom. The Labute approximate surface area is 142 Å². The highest BCUT2D eigenvalue weighted by Gasteiger charge is 2.33. The van der Waals surface area contributed by atoms with Crippen molar-refractivity contribution in [2.24, 2.45) is 0 Å². The molecule has 0 heterocycles. The lowest BCUT2D eigenvalue weighted by atomic mass is 10.3. The summed E-state index contributed by atoms with van der Waals surface area (Å²) in [5, 5.41) is 2.17. The molecule has 24 heavy (non-hydrogen) atoms. The molecule has 0 aliphatic rings. The molecule has 0 N–H and O–H groups in total. The summed E-state index contributed by atoms with van der Waals surface area (Å²) in [5.74, 6) is 1.08. The van der Waals surface area contributed by atoms with E-state index in [2.05, 4.69) is 0 Å². The predicted molar refractivity (Wildman–Crippen MR) is 98.9 cm³/mol. The minimum Gasteiger partial charge on any atom is -0.493 e. The summed E-state index contributed by atoms with van der Waals surface area (Å²) in [6, 6.07) is 24.5. The number of ether oxygens (including phenoxy) is 2. The van der Waals surface area contributed by atoms with Gasteiger partial charge in [0.05, 0.1) is 19.5 Å². The van der Waals surface area contributed by atoms with Crippen molar-refractivity contribution in [3.63, 3.8) is 0 Å². The lowest BCUT2D eigenvalue weighted by Crippen LogP contribution is -2.26. The summed E-state index contributed by atoms with van der Waals surface area (Å²) in [5.41, 5.74) is 0. The van der Waals surface area contributed by atoms with E-state index in [0.717, 1.165) is 10.6 Å². The van der Waals surface area contributed by atoms with Gasteiger partial charge in [0, 0.05) is 10.6 Å². The highest BCUT2D eigenvalue weighted by atomic mass is 31.2. The van der Waals surface area contributed by atoms with E-state index in [0.29, 0.717) is 16.8 Å². The third-order valence-corrected chi connectivity index (χ3v) is 7.04. The van der Waals surface area contributed by atoms with Crippen LogP contribution in [0.1, 0.15) is 0 Å². The fraction of sp³-hybridized carbons (Fsp3) is 0.100. The van der Waals surface area contributed by atoms with Crippen LogP contribution in [0.3, 0.4) is 0 Å². The van der Waals surface area contributed by atoms with E-state index < -0.39 is 7.14 Å². The SMILES string of the molecule is COc1cccc(P(=O)(c2ccccc2)c2ccccc2)c1OC. The molecule has 0 bridgehead atoms. The van der Waals surface area contributed by atoms with Gasteiger partial charge in [-0.15, -0.1) is 0 Å². The molecule has 0 atom stereocenters. The second-order valence-electron chi connectivity index (χ2n) is 5.29. The van der Waals surface area contributed by atoms with E-state index in [9.17, 15) is 4.57 Å². The minimum absolute atomic E-state index is 0.510. The molecule has 3 aromatic carbocycles. The molecular weight excluding hydrogens is 319 g/mol. The number of benzene rings is 3. The lowest BCUT2D eigenvalue weighted by Gasteiger charge is -2.23. The van der Waals surface area contributed by atoms with Crippen molar-refractivity contribution in [1.29, 1.82) is 0 Å². The molecule has 0 amide bonds. The first-order valence-electron chi connectivity index (χ1n) is 7.64.